The third-order valence-electron chi connectivity index (χ3n) is 1.59. The molecule has 0 N–H and O–H groups in total. The van der Waals surface area contributed by atoms with Crippen molar-refractivity contribution in [2.24, 2.45) is 5.92 Å². The second-order valence-electron chi connectivity index (χ2n) is 3.33. The first-order valence-corrected chi connectivity index (χ1v) is 4.29. The van der Waals surface area contributed by atoms with E-state index < -0.39 is 0 Å². The highest BCUT2D eigenvalue weighted by Crippen LogP contribution is 2.05. The summed E-state index contributed by atoms with van der Waals surface area (Å²) >= 11 is 0. The summed E-state index contributed by atoms with van der Waals surface area (Å²) in [4.78, 5) is 4.13. The molecule has 1 heterocycles. The van der Waals surface area contributed by atoms with Crippen LogP contribution in [0.1, 0.15) is 25.1 Å². The molecule has 0 aromatic carbocycles. The summed E-state index contributed by atoms with van der Waals surface area (Å²) in [7, 11) is 0. The van der Waals surface area contributed by atoms with Crippen molar-refractivity contribution in [2.75, 3.05) is 0 Å². The van der Waals surface area contributed by atoms with E-state index in [2.05, 4.69) is 37.0 Å². The number of hydrogen-bond acceptors (Lipinski definition) is 1. The predicted molar refractivity (Wildman–Crippen MR) is 52.8 cm³/mol. The average molecular weight is 161 g/mol. The van der Waals surface area contributed by atoms with Gasteiger partial charge in [0.15, 0.2) is 0 Å². The summed E-state index contributed by atoms with van der Waals surface area (Å²) in [5.74, 6) is 0.610. The van der Waals surface area contributed by atoms with Gasteiger partial charge in [0, 0.05) is 11.9 Å². The van der Waals surface area contributed by atoms with Crippen molar-refractivity contribution in [3.63, 3.8) is 0 Å². The monoisotopic (exact) mass is 161 g/mol. The molecule has 64 valence electrons. The molecule has 0 aliphatic heterocycles. The van der Waals surface area contributed by atoms with E-state index in [9.17, 15) is 0 Å². The average Bonchev–Trinajstić information content (AvgIpc) is 2.01. The van der Waals surface area contributed by atoms with Gasteiger partial charge in [-0.25, -0.2) is 0 Å². The van der Waals surface area contributed by atoms with E-state index in [1.165, 1.54) is 5.56 Å². The maximum Gasteiger partial charge on any atom is 0.0378 e. The molecule has 1 nitrogen and oxygen atoms in total. The Morgan fingerprint density at radius 2 is 2.17 bits per heavy atom. The number of aromatic nitrogens is 1. The van der Waals surface area contributed by atoms with Crippen LogP contribution in [0.5, 0.6) is 0 Å². The van der Waals surface area contributed by atoms with Gasteiger partial charge in [0.25, 0.3) is 0 Å². The molecule has 1 aromatic heterocycles. The lowest BCUT2D eigenvalue weighted by Crippen LogP contribution is -1.81. The number of allylic oxidation sites excluding steroid dienone is 1. The Hall–Kier alpha value is -1.11. The summed E-state index contributed by atoms with van der Waals surface area (Å²) in [5, 5.41) is 0. The number of hydrogen-bond donors (Lipinski definition) is 0. The van der Waals surface area contributed by atoms with Crippen molar-refractivity contribution < 1.29 is 0 Å². The molecule has 12 heavy (non-hydrogen) atoms. The lowest BCUT2D eigenvalue weighted by atomic mass is 10.1. The molecule has 0 amide bonds. The summed E-state index contributed by atoms with van der Waals surface area (Å²) in [6.07, 6.45) is 6.17. The molecule has 0 atom stereocenters. The highest BCUT2D eigenvalue weighted by Gasteiger charge is 1.88. The predicted octanol–water partition coefficient (Wildman–Crippen LogP) is 3.06. The summed E-state index contributed by atoms with van der Waals surface area (Å²) in [6, 6.07) is 4.10. The van der Waals surface area contributed by atoms with Crippen LogP contribution in [0.3, 0.4) is 0 Å². The molecular weight excluding hydrogens is 146 g/mol. The van der Waals surface area contributed by atoms with E-state index in [0.29, 0.717) is 5.92 Å². The van der Waals surface area contributed by atoms with Crippen LogP contribution in [0.2, 0.25) is 0 Å². The highest BCUT2D eigenvalue weighted by molar-refractivity contribution is 5.48. The minimum Gasteiger partial charge on any atom is -0.262 e. The van der Waals surface area contributed by atoms with Crippen molar-refractivity contribution in [3.05, 3.63) is 35.7 Å². The van der Waals surface area contributed by atoms with Gasteiger partial charge in [-0.05, 0) is 30.5 Å². The van der Waals surface area contributed by atoms with Gasteiger partial charge in [0.2, 0.25) is 0 Å². The molecule has 0 saturated heterocycles. The van der Waals surface area contributed by atoms with Gasteiger partial charge in [0.05, 0.1) is 0 Å². The number of nitrogens with zero attached hydrogens (tertiary/aromatic N) is 1. The first-order valence-electron chi connectivity index (χ1n) is 4.29. The molecule has 0 fully saturated rings. The second kappa shape index (κ2) is 4.05. The zero-order valence-electron chi connectivity index (χ0n) is 7.91. The van der Waals surface area contributed by atoms with Crippen LogP contribution < -0.4 is 0 Å². The Morgan fingerprint density at radius 3 is 2.75 bits per heavy atom. The molecule has 0 bridgehead atoms. The van der Waals surface area contributed by atoms with Crippen molar-refractivity contribution >= 4 is 6.08 Å². The van der Waals surface area contributed by atoms with Crippen LogP contribution in [-0.2, 0) is 0 Å². The minimum atomic E-state index is 0.610. The molecule has 0 spiro atoms. The number of rotatable bonds is 2. The molecule has 0 aliphatic carbocycles. The van der Waals surface area contributed by atoms with Crippen LogP contribution in [0.15, 0.2) is 24.4 Å². The van der Waals surface area contributed by atoms with Gasteiger partial charge in [-0.1, -0.05) is 26.0 Å². The van der Waals surface area contributed by atoms with Gasteiger partial charge < -0.3 is 0 Å². The summed E-state index contributed by atoms with van der Waals surface area (Å²) in [5.41, 5.74) is 2.30. The molecule has 1 aromatic rings. The Kier molecular flexibility index (Phi) is 3.03. The van der Waals surface area contributed by atoms with E-state index in [0.717, 1.165) is 5.69 Å². The zero-order chi connectivity index (χ0) is 8.97. The first-order chi connectivity index (χ1) is 5.68. The molecule has 0 unspecified atom stereocenters. The largest absolute Gasteiger partial charge is 0.262 e. The maximum absolute atomic E-state index is 4.13. The fourth-order valence-electron chi connectivity index (χ4n) is 0.975. The lowest BCUT2D eigenvalue weighted by molar-refractivity contribution is 0.836. The molecule has 1 rings (SSSR count). The summed E-state index contributed by atoms with van der Waals surface area (Å²) < 4.78 is 0. The van der Waals surface area contributed by atoms with Crippen LogP contribution in [-0.4, -0.2) is 4.98 Å². The fourth-order valence-corrected chi connectivity index (χ4v) is 0.975. The lowest BCUT2D eigenvalue weighted by Gasteiger charge is -1.96. The quantitative estimate of drug-likeness (QED) is 0.649. The Bertz CT molecular complexity index is 274. The van der Waals surface area contributed by atoms with Crippen molar-refractivity contribution in [1.29, 1.82) is 0 Å². The first kappa shape index (κ1) is 8.98. The topological polar surface area (TPSA) is 12.9 Å². The van der Waals surface area contributed by atoms with E-state index in [4.69, 9.17) is 0 Å². The van der Waals surface area contributed by atoms with Gasteiger partial charge >= 0.3 is 0 Å². The summed E-state index contributed by atoms with van der Waals surface area (Å²) in [6.45, 7) is 6.35. The zero-order valence-corrected chi connectivity index (χ0v) is 7.91. The van der Waals surface area contributed by atoms with Gasteiger partial charge in [-0.3, -0.25) is 4.98 Å². The Labute approximate surface area is 74.2 Å². The Morgan fingerprint density at radius 1 is 1.42 bits per heavy atom. The Balaban J connectivity index is 2.76. The van der Waals surface area contributed by atoms with Crippen LogP contribution in [0, 0.1) is 12.8 Å². The SMILES string of the molecule is Cc1cc(/C=C/C(C)C)ccn1. The maximum atomic E-state index is 4.13. The highest BCUT2D eigenvalue weighted by atomic mass is 14.6. The van der Waals surface area contributed by atoms with Gasteiger partial charge in [-0.2, -0.15) is 0 Å². The fraction of sp³-hybridized carbons (Fsp3) is 0.364. The molecular formula is C11H15N. The third-order valence-corrected chi connectivity index (χ3v) is 1.59. The standard InChI is InChI=1S/C11H15N/c1-9(2)4-5-11-6-7-12-10(3)8-11/h4-9H,1-3H3/b5-4+. The van der Waals surface area contributed by atoms with Crippen LogP contribution >= 0.6 is 0 Å². The van der Waals surface area contributed by atoms with E-state index >= 15 is 0 Å². The van der Waals surface area contributed by atoms with Crippen LogP contribution in [0.4, 0.5) is 0 Å². The van der Waals surface area contributed by atoms with Crippen molar-refractivity contribution in [2.45, 2.75) is 20.8 Å². The second-order valence-corrected chi connectivity index (χ2v) is 3.33. The van der Waals surface area contributed by atoms with Crippen molar-refractivity contribution in [1.82, 2.24) is 4.98 Å². The van der Waals surface area contributed by atoms with Crippen LogP contribution in [0.25, 0.3) is 6.08 Å². The molecule has 1 heteroatoms. The van der Waals surface area contributed by atoms with Crippen molar-refractivity contribution in [3.8, 4) is 0 Å². The van der Waals surface area contributed by atoms with Gasteiger partial charge in [0.1, 0.15) is 0 Å². The smallest absolute Gasteiger partial charge is 0.0378 e. The third kappa shape index (κ3) is 2.87. The van der Waals surface area contributed by atoms with E-state index in [-0.39, 0.29) is 0 Å². The van der Waals surface area contributed by atoms with E-state index in [1.807, 2.05) is 19.2 Å². The minimum absolute atomic E-state index is 0.610. The normalized spacial score (nSPS) is 11.3. The number of pyridine rings is 1. The molecule has 0 saturated carbocycles. The van der Waals surface area contributed by atoms with Gasteiger partial charge in [-0.15, -0.1) is 0 Å². The molecule has 0 radical (unpaired) electrons. The number of aryl methyl sites for hydroxylation is 1. The van der Waals surface area contributed by atoms with E-state index in [1.54, 1.807) is 0 Å². The molecule has 0 aliphatic rings.